The van der Waals surface area contributed by atoms with E-state index in [4.69, 9.17) is 9.97 Å². The van der Waals surface area contributed by atoms with Crippen molar-refractivity contribution in [2.24, 2.45) is 0 Å². The maximum absolute atomic E-state index is 16.5. The lowest BCUT2D eigenvalue weighted by atomic mass is 9.97. The number of fused-ring (bicyclic) bond motifs is 6. The Labute approximate surface area is 390 Å². The first-order chi connectivity index (χ1) is 33.8. The molecule has 0 saturated carbocycles. The van der Waals surface area contributed by atoms with E-state index in [0.717, 1.165) is 66.3 Å². The summed E-state index contributed by atoms with van der Waals surface area (Å²) in [5.74, 6) is -10.5. The summed E-state index contributed by atoms with van der Waals surface area (Å²) in [6, 6.07) is 58.9. The van der Waals surface area contributed by atoms with Gasteiger partial charge in [0.2, 0.25) is 5.82 Å². The minimum atomic E-state index is -2.28. The fourth-order valence-electron chi connectivity index (χ4n) is 9.59. The summed E-state index contributed by atoms with van der Waals surface area (Å²) >= 11 is 0. The predicted molar refractivity (Wildman–Crippen MR) is 262 cm³/mol. The van der Waals surface area contributed by atoms with Crippen molar-refractivity contribution in [2.75, 3.05) is 0 Å². The molecule has 5 nitrogen and oxygen atoms in total. The molecule has 328 valence electrons. The molecule has 69 heavy (non-hydrogen) atoms. The second-order valence-electron chi connectivity index (χ2n) is 16.7. The minimum Gasteiger partial charge on any atom is -0.309 e. The third-order valence-corrected chi connectivity index (χ3v) is 12.9. The first-order valence-corrected chi connectivity index (χ1v) is 22.0. The van der Waals surface area contributed by atoms with Crippen LogP contribution < -0.4 is 0 Å². The fourth-order valence-corrected chi connectivity index (χ4v) is 9.59. The first kappa shape index (κ1) is 41.2. The van der Waals surface area contributed by atoms with E-state index >= 15 is 17.6 Å². The number of para-hydroxylation sites is 2. The van der Waals surface area contributed by atoms with Gasteiger partial charge in [0.25, 0.3) is 0 Å². The van der Waals surface area contributed by atoms with Gasteiger partial charge in [0.15, 0.2) is 23.3 Å². The molecule has 10 heteroatoms. The van der Waals surface area contributed by atoms with E-state index in [1.54, 1.807) is 27.6 Å². The molecule has 0 aliphatic heterocycles. The zero-order valence-electron chi connectivity index (χ0n) is 36.1. The van der Waals surface area contributed by atoms with Gasteiger partial charge in [0, 0.05) is 61.8 Å². The van der Waals surface area contributed by atoms with E-state index in [1.165, 1.54) is 12.1 Å². The Morgan fingerprint density at radius 1 is 0.362 bits per heavy atom. The van der Waals surface area contributed by atoms with Gasteiger partial charge in [-0.2, -0.15) is 5.26 Å². The second-order valence-corrected chi connectivity index (χ2v) is 16.7. The van der Waals surface area contributed by atoms with Crippen molar-refractivity contribution in [3.8, 4) is 73.3 Å². The Kier molecular flexibility index (Phi) is 9.74. The summed E-state index contributed by atoms with van der Waals surface area (Å²) in [6.45, 7) is 0. The predicted octanol–water partition coefficient (Wildman–Crippen LogP) is 15.6. The molecule has 12 rings (SSSR count). The molecular formula is C59H32F5N5. The molecular weight excluding hydrogens is 874 g/mol. The summed E-state index contributed by atoms with van der Waals surface area (Å²) in [5, 5.41) is 14.3. The number of hydrogen-bond donors (Lipinski definition) is 0. The molecule has 8 aromatic carbocycles. The van der Waals surface area contributed by atoms with Crippen molar-refractivity contribution in [1.82, 2.24) is 19.1 Å². The lowest BCUT2D eigenvalue weighted by Gasteiger charge is -2.20. The molecule has 0 fully saturated rings. The zero-order valence-corrected chi connectivity index (χ0v) is 36.1. The fraction of sp³-hybridized carbons (Fsp3) is 0. The molecule has 0 atom stereocenters. The molecule has 0 bridgehead atoms. The topological polar surface area (TPSA) is 59.4 Å². The van der Waals surface area contributed by atoms with E-state index in [1.807, 2.05) is 164 Å². The van der Waals surface area contributed by atoms with E-state index in [2.05, 4.69) is 6.07 Å². The Morgan fingerprint density at radius 2 is 0.783 bits per heavy atom. The molecule has 0 radical (unpaired) electrons. The van der Waals surface area contributed by atoms with E-state index < -0.39 is 34.6 Å². The average molecular weight is 906 g/mol. The quantitative estimate of drug-likeness (QED) is 0.0909. The van der Waals surface area contributed by atoms with Crippen LogP contribution in [0.3, 0.4) is 0 Å². The van der Waals surface area contributed by atoms with Crippen molar-refractivity contribution < 1.29 is 22.0 Å². The summed E-state index contributed by atoms with van der Waals surface area (Å²) in [7, 11) is 0. The van der Waals surface area contributed by atoms with E-state index in [9.17, 15) is 9.65 Å². The molecule has 0 saturated heterocycles. The van der Waals surface area contributed by atoms with Crippen molar-refractivity contribution >= 4 is 43.6 Å². The highest BCUT2D eigenvalue weighted by Crippen LogP contribution is 2.44. The molecule has 4 heterocycles. The molecule has 0 amide bonds. The van der Waals surface area contributed by atoms with Crippen LogP contribution in [0, 0.1) is 40.4 Å². The molecule has 0 spiro atoms. The van der Waals surface area contributed by atoms with Crippen LogP contribution in [0.25, 0.3) is 111 Å². The highest BCUT2D eigenvalue weighted by atomic mass is 19.2. The number of nitriles is 1. The van der Waals surface area contributed by atoms with Gasteiger partial charge in [0.05, 0.1) is 56.0 Å². The first-order valence-electron chi connectivity index (χ1n) is 22.0. The van der Waals surface area contributed by atoms with Crippen LogP contribution in [0.1, 0.15) is 5.56 Å². The summed E-state index contributed by atoms with van der Waals surface area (Å²) < 4.78 is 82.4. The maximum Gasteiger partial charge on any atom is 0.200 e. The van der Waals surface area contributed by atoms with Crippen LogP contribution in [0.2, 0.25) is 0 Å². The van der Waals surface area contributed by atoms with Crippen LogP contribution in [0.15, 0.2) is 194 Å². The lowest BCUT2D eigenvalue weighted by Crippen LogP contribution is -2.08. The number of hydrogen-bond acceptors (Lipinski definition) is 3. The molecule has 0 N–H and O–H groups in total. The largest absolute Gasteiger partial charge is 0.309 e. The van der Waals surface area contributed by atoms with Crippen molar-refractivity contribution in [2.45, 2.75) is 0 Å². The number of nitrogens with zero attached hydrogens (tertiary/aromatic N) is 5. The van der Waals surface area contributed by atoms with Gasteiger partial charge in [-0.1, -0.05) is 133 Å². The van der Waals surface area contributed by atoms with Gasteiger partial charge >= 0.3 is 0 Å². The van der Waals surface area contributed by atoms with Crippen LogP contribution in [-0.2, 0) is 0 Å². The number of benzene rings is 8. The van der Waals surface area contributed by atoms with E-state index in [0.29, 0.717) is 22.1 Å². The third-order valence-electron chi connectivity index (χ3n) is 12.9. The standard InChI is InChI=1S/C59H32F5N5/c60-55-54(56(61)58(63)59(64)57(55)62)45-30-50(68-48-17-9-7-15-41(48)43-23-19-36(27-51(43)68)38-21-25-46(66-32-38)34-11-3-1-4-12-34)40(31-65)29-53(45)69-49-18-10-8-16-42(49)44-24-20-37(28-52(44)69)39-22-26-47(67-33-39)35-13-5-2-6-14-35/h1-30,32-33H. The monoisotopic (exact) mass is 905 g/mol. The molecule has 4 aromatic heterocycles. The summed E-state index contributed by atoms with van der Waals surface area (Å²) in [5.41, 5.74) is 7.77. The number of halogens is 5. The molecule has 12 aromatic rings. The Balaban J connectivity index is 1.12. The number of aromatic nitrogens is 4. The molecule has 0 aliphatic rings. The van der Waals surface area contributed by atoms with Gasteiger partial charge in [-0.15, -0.1) is 0 Å². The SMILES string of the molecule is N#Cc1cc(-n2c3ccccc3c3ccc(-c4ccc(-c5ccccc5)nc4)cc32)c(-c2c(F)c(F)c(F)c(F)c2F)cc1-n1c2ccccc2c2ccc(-c3ccc(-c4ccccc4)nc3)cc21. The van der Waals surface area contributed by atoms with Gasteiger partial charge in [0.1, 0.15) is 6.07 Å². The minimum absolute atomic E-state index is 0.0189. The summed E-state index contributed by atoms with van der Waals surface area (Å²) in [6.07, 6.45) is 3.54. The van der Waals surface area contributed by atoms with Gasteiger partial charge in [-0.3, -0.25) is 9.97 Å². The average Bonchev–Trinajstić information content (AvgIpc) is 3.92. The number of pyridine rings is 2. The van der Waals surface area contributed by atoms with Crippen LogP contribution in [0.5, 0.6) is 0 Å². The second kappa shape index (κ2) is 16.3. The van der Waals surface area contributed by atoms with Crippen LogP contribution in [0.4, 0.5) is 22.0 Å². The summed E-state index contributed by atoms with van der Waals surface area (Å²) in [4.78, 5) is 9.47. The normalized spacial score (nSPS) is 11.5. The number of rotatable bonds is 7. The Morgan fingerprint density at radius 3 is 1.25 bits per heavy atom. The smallest absolute Gasteiger partial charge is 0.200 e. The van der Waals surface area contributed by atoms with Crippen molar-refractivity contribution in [1.29, 1.82) is 5.26 Å². The Bertz CT molecular complexity index is 4030. The van der Waals surface area contributed by atoms with Gasteiger partial charge in [-0.25, -0.2) is 22.0 Å². The molecule has 0 aliphatic carbocycles. The van der Waals surface area contributed by atoms with Gasteiger partial charge < -0.3 is 9.13 Å². The van der Waals surface area contributed by atoms with Crippen LogP contribution >= 0.6 is 0 Å². The van der Waals surface area contributed by atoms with Crippen molar-refractivity contribution in [3.05, 3.63) is 229 Å². The molecule has 0 unspecified atom stereocenters. The van der Waals surface area contributed by atoms with Gasteiger partial charge in [-0.05, 0) is 59.7 Å². The van der Waals surface area contributed by atoms with Crippen molar-refractivity contribution in [3.63, 3.8) is 0 Å². The zero-order chi connectivity index (χ0) is 46.9. The lowest BCUT2D eigenvalue weighted by molar-refractivity contribution is 0.381. The van der Waals surface area contributed by atoms with E-state index in [-0.39, 0.29) is 22.5 Å². The Hall–Kier alpha value is -9.20. The maximum atomic E-state index is 16.5. The third kappa shape index (κ3) is 6.66. The highest BCUT2D eigenvalue weighted by Gasteiger charge is 2.31. The van der Waals surface area contributed by atoms with Crippen LogP contribution in [-0.4, -0.2) is 19.1 Å². The highest BCUT2D eigenvalue weighted by molar-refractivity contribution is 6.12.